The van der Waals surface area contributed by atoms with E-state index in [0.29, 0.717) is 31.3 Å². The maximum absolute atomic E-state index is 13.9. The molecule has 33 heavy (non-hydrogen) atoms. The molecule has 9 nitrogen and oxygen atoms in total. The summed E-state index contributed by atoms with van der Waals surface area (Å²) in [5, 5.41) is 6.11. The Morgan fingerprint density at radius 2 is 2.00 bits per heavy atom. The van der Waals surface area contributed by atoms with E-state index in [1.807, 2.05) is 13.8 Å². The van der Waals surface area contributed by atoms with E-state index in [0.717, 1.165) is 36.4 Å². The molecule has 1 aromatic heterocycles. The highest BCUT2D eigenvalue weighted by atomic mass is 32.2. The maximum atomic E-state index is 13.9. The molecule has 0 radical (unpaired) electrons. The lowest BCUT2D eigenvalue weighted by atomic mass is 9.97. The van der Waals surface area contributed by atoms with Gasteiger partial charge < -0.3 is 20.3 Å². The molecule has 0 aliphatic carbocycles. The number of rotatable bonds is 5. The van der Waals surface area contributed by atoms with Crippen molar-refractivity contribution in [3.05, 3.63) is 47.0 Å². The Labute approximate surface area is 192 Å². The molecule has 2 amide bonds. The second kappa shape index (κ2) is 8.86. The van der Waals surface area contributed by atoms with Crippen LogP contribution < -0.4 is 10.6 Å². The van der Waals surface area contributed by atoms with Crippen LogP contribution in [0.5, 0.6) is 0 Å². The lowest BCUT2D eigenvalue weighted by Gasteiger charge is -2.32. The first-order chi connectivity index (χ1) is 15.5. The fourth-order valence-electron chi connectivity index (χ4n) is 4.17. The third-order valence-corrected chi connectivity index (χ3v) is 7.20. The Bertz CT molecular complexity index is 1170. The summed E-state index contributed by atoms with van der Waals surface area (Å²) in [4.78, 5) is 23.6. The number of urea groups is 1. The second-order valence-electron chi connectivity index (χ2n) is 8.96. The van der Waals surface area contributed by atoms with Crippen molar-refractivity contribution < 1.29 is 22.3 Å². The molecule has 0 bridgehead atoms. The number of nitrogens with zero attached hydrogens (tertiary/aromatic N) is 3. The summed E-state index contributed by atoms with van der Waals surface area (Å²) >= 11 is 0. The number of carbonyl (C=O) groups is 1. The van der Waals surface area contributed by atoms with Crippen molar-refractivity contribution in [2.24, 2.45) is 0 Å². The van der Waals surface area contributed by atoms with Crippen molar-refractivity contribution in [1.82, 2.24) is 20.2 Å². The number of amides is 2. The van der Waals surface area contributed by atoms with Crippen molar-refractivity contribution in [2.45, 2.75) is 56.3 Å². The lowest BCUT2D eigenvalue weighted by Crippen LogP contribution is -2.45. The van der Waals surface area contributed by atoms with Crippen LogP contribution in [0.3, 0.4) is 0 Å². The van der Waals surface area contributed by atoms with Crippen LogP contribution in [0.25, 0.3) is 0 Å². The quantitative estimate of drug-likeness (QED) is 0.680. The Hall–Kier alpha value is -2.79. The minimum Gasteiger partial charge on any atom is -0.381 e. The number of ether oxygens (including phenoxy) is 1. The highest BCUT2D eigenvalue weighted by Gasteiger charge is 2.41. The smallest absolute Gasteiger partial charge is 0.318 e. The van der Waals surface area contributed by atoms with Gasteiger partial charge in [0.05, 0.1) is 22.7 Å². The van der Waals surface area contributed by atoms with Crippen LogP contribution >= 0.6 is 0 Å². The molecule has 2 N–H and O–H groups in total. The molecule has 3 heterocycles. The number of fused-ring (bicyclic) bond motifs is 1. The molecule has 2 aliphatic heterocycles. The molecular weight excluding hydrogens is 449 g/mol. The molecule has 1 aromatic carbocycles. The highest BCUT2D eigenvalue weighted by Crippen LogP contribution is 2.37. The van der Waals surface area contributed by atoms with Crippen LogP contribution in [0.4, 0.5) is 15.1 Å². The van der Waals surface area contributed by atoms with Crippen LogP contribution in [-0.4, -0.2) is 54.8 Å². The van der Waals surface area contributed by atoms with E-state index in [1.165, 1.54) is 12.1 Å². The van der Waals surface area contributed by atoms with Crippen LogP contribution in [0.1, 0.15) is 43.5 Å². The first-order valence-corrected chi connectivity index (χ1v) is 12.7. The third-order valence-electron chi connectivity index (χ3n) is 6.11. The van der Waals surface area contributed by atoms with E-state index < -0.39 is 21.2 Å². The second-order valence-corrected chi connectivity index (χ2v) is 11.0. The third kappa shape index (κ3) is 5.09. The standard InChI is InChI=1S/C22H28FN5O4S/c1-22(2)18-12-24-20(26-16-4-6-32-7-5-16)27-19(18)13-28(22)21(29)25-11-14-8-15(23)10-17(9-14)33(3,30)31/h8-10,12,16H,4-7,11,13H2,1-3H3,(H,25,29)(H,24,26,27). The zero-order valence-corrected chi connectivity index (χ0v) is 19.7. The maximum Gasteiger partial charge on any atom is 0.318 e. The Balaban J connectivity index is 1.45. The van der Waals surface area contributed by atoms with Crippen molar-refractivity contribution in [3.8, 4) is 0 Å². The molecule has 178 valence electrons. The topological polar surface area (TPSA) is 114 Å². The molecule has 1 saturated heterocycles. The number of halogens is 1. The minimum atomic E-state index is -3.56. The van der Waals surface area contributed by atoms with E-state index in [2.05, 4.69) is 20.6 Å². The van der Waals surface area contributed by atoms with Gasteiger partial charge in [0.15, 0.2) is 9.84 Å². The van der Waals surface area contributed by atoms with Gasteiger partial charge in [-0.15, -0.1) is 0 Å². The zero-order valence-electron chi connectivity index (χ0n) is 18.9. The molecule has 0 atom stereocenters. The Morgan fingerprint density at radius 3 is 2.70 bits per heavy atom. The number of hydrogen-bond acceptors (Lipinski definition) is 7. The van der Waals surface area contributed by atoms with Gasteiger partial charge in [-0.05, 0) is 50.5 Å². The highest BCUT2D eigenvalue weighted by molar-refractivity contribution is 7.90. The molecular formula is C22H28FN5O4S. The Morgan fingerprint density at radius 1 is 1.27 bits per heavy atom. The molecule has 11 heteroatoms. The fourth-order valence-corrected chi connectivity index (χ4v) is 4.86. The zero-order chi connectivity index (χ0) is 23.8. The van der Waals surface area contributed by atoms with Crippen LogP contribution in [-0.2, 0) is 33.2 Å². The van der Waals surface area contributed by atoms with E-state index in [-0.39, 0.29) is 23.5 Å². The van der Waals surface area contributed by atoms with E-state index >= 15 is 0 Å². The molecule has 2 aliphatic rings. The molecule has 0 saturated carbocycles. The number of carbonyl (C=O) groups excluding carboxylic acids is 1. The average Bonchev–Trinajstić information content (AvgIpc) is 3.02. The van der Waals surface area contributed by atoms with Gasteiger partial charge in [-0.2, -0.15) is 0 Å². The van der Waals surface area contributed by atoms with E-state index in [1.54, 1.807) is 11.1 Å². The molecule has 2 aromatic rings. The van der Waals surface area contributed by atoms with Crippen molar-refractivity contribution in [2.75, 3.05) is 24.8 Å². The van der Waals surface area contributed by atoms with E-state index in [4.69, 9.17) is 4.74 Å². The van der Waals surface area contributed by atoms with Gasteiger partial charge in [-0.25, -0.2) is 27.6 Å². The summed E-state index contributed by atoms with van der Waals surface area (Å²) in [5.74, 6) is -0.136. The number of anilines is 1. The van der Waals surface area contributed by atoms with Crippen LogP contribution in [0.15, 0.2) is 29.3 Å². The van der Waals surface area contributed by atoms with Gasteiger partial charge in [-0.3, -0.25) is 0 Å². The fraction of sp³-hybridized carbons (Fsp3) is 0.500. The van der Waals surface area contributed by atoms with Gasteiger partial charge >= 0.3 is 6.03 Å². The summed E-state index contributed by atoms with van der Waals surface area (Å²) in [5.41, 5.74) is 1.35. The van der Waals surface area contributed by atoms with Gasteiger partial charge in [0.1, 0.15) is 5.82 Å². The predicted molar refractivity (Wildman–Crippen MR) is 120 cm³/mol. The largest absolute Gasteiger partial charge is 0.381 e. The number of hydrogen-bond donors (Lipinski definition) is 2. The summed E-state index contributed by atoms with van der Waals surface area (Å²) in [6, 6.07) is 3.43. The Kier molecular flexibility index (Phi) is 6.28. The first-order valence-electron chi connectivity index (χ1n) is 10.8. The molecule has 0 unspecified atom stereocenters. The molecule has 4 rings (SSSR count). The number of benzene rings is 1. The van der Waals surface area contributed by atoms with Gasteiger partial charge in [0.2, 0.25) is 5.95 Å². The number of sulfone groups is 1. The van der Waals surface area contributed by atoms with Crippen LogP contribution in [0.2, 0.25) is 0 Å². The SMILES string of the molecule is CC1(C)c2cnc(NC3CCOCC3)nc2CN1C(=O)NCc1cc(F)cc(S(C)(=O)=O)c1. The lowest BCUT2D eigenvalue weighted by molar-refractivity contribution is 0.0903. The van der Waals surface area contributed by atoms with Gasteiger partial charge in [-0.1, -0.05) is 0 Å². The van der Waals surface area contributed by atoms with Gasteiger partial charge in [0, 0.05) is 43.8 Å². The van der Waals surface area contributed by atoms with Crippen molar-refractivity contribution >= 4 is 21.8 Å². The van der Waals surface area contributed by atoms with Crippen LogP contribution in [0, 0.1) is 5.82 Å². The summed E-state index contributed by atoms with van der Waals surface area (Å²) in [6.45, 7) is 5.54. The minimum absolute atomic E-state index is 0.00965. The van der Waals surface area contributed by atoms with E-state index in [9.17, 15) is 17.6 Å². The number of aromatic nitrogens is 2. The van der Waals surface area contributed by atoms with Crippen molar-refractivity contribution in [1.29, 1.82) is 0 Å². The monoisotopic (exact) mass is 477 g/mol. The molecule has 1 fully saturated rings. The summed E-state index contributed by atoms with van der Waals surface area (Å²) in [7, 11) is -3.56. The normalized spacial score (nSPS) is 18.1. The summed E-state index contributed by atoms with van der Waals surface area (Å²) < 4.78 is 42.8. The van der Waals surface area contributed by atoms with Gasteiger partial charge in [0.25, 0.3) is 0 Å². The number of nitrogens with one attached hydrogen (secondary N) is 2. The summed E-state index contributed by atoms with van der Waals surface area (Å²) in [6.07, 6.45) is 4.55. The predicted octanol–water partition coefficient (Wildman–Crippen LogP) is 2.57. The molecule has 0 spiro atoms. The first kappa shape index (κ1) is 23.4. The van der Waals surface area contributed by atoms with Crippen molar-refractivity contribution in [3.63, 3.8) is 0 Å². The average molecular weight is 478 g/mol.